The standard InChI is InChI=1S/C18H18FN3O/c1-10-6-8-11(9-7-10)15-14-16(12-4-2-3-5-13(12)19)20-18(23)17(14)22-21-15/h2-9,14-17,21-22H,1H3,(H,20,23). The fraction of sp³-hybridized carbons (Fsp3) is 0.278. The van der Waals surface area contributed by atoms with Crippen LogP contribution in [-0.4, -0.2) is 11.9 Å². The number of hydrogen-bond acceptors (Lipinski definition) is 3. The molecule has 2 aliphatic rings. The molecule has 0 saturated carbocycles. The minimum atomic E-state index is -0.356. The van der Waals surface area contributed by atoms with Gasteiger partial charge in [-0.3, -0.25) is 4.79 Å². The third-order valence-corrected chi connectivity index (χ3v) is 4.81. The van der Waals surface area contributed by atoms with Gasteiger partial charge < -0.3 is 5.32 Å². The summed E-state index contributed by atoms with van der Waals surface area (Å²) in [6.07, 6.45) is 0. The van der Waals surface area contributed by atoms with Crippen LogP contribution < -0.4 is 16.2 Å². The molecule has 23 heavy (non-hydrogen) atoms. The topological polar surface area (TPSA) is 53.2 Å². The Morgan fingerprint density at radius 2 is 1.61 bits per heavy atom. The molecule has 0 bridgehead atoms. The van der Waals surface area contributed by atoms with Gasteiger partial charge in [-0.05, 0) is 18.6 Å². The third kappa shape index (κ3) is 2.33. The summed E-state index contributed by atoms with van der Waals surface area (Å²) in [5.41, 5.74) is 9.09. The maximum atomic E-state index is 14.2. The van der Waals surface area contributed by atoms with Crippen molar-refractivity contribution in [2.45, 2.75) is 25.0 Å². The van der Waals surface area contributed by atoms with E-state index in [1.165, 1.54) is 11.6 Å². The van der Waals surface area contributed by atoms with Gasteiger partial charge in [-0.15, -0.1) is 0 Å². The number of carbonyl (C=O) groups is 1. The number of aryl methyl sites for hydroxylation is 1. The van der Waals surface area contributed by atoms with Crippen molar-refractivity contribution < 1.29 is 9.18 Å². The fourth-order valence-electron chi connectivity index (χ4n) is 3.62. The number of amides is 1. The average molecular weight is 311 g/mol. The van der Waals surface area contributed by atoms with Crippen LogP contribution in [0.3, 0.4) is 0 Å². The fourth-order valence-corrected chi connectivity index (χ4v) is 3.62. The average Bonchev–Trinajstić information content (AvgIpc) is 3.11. The molecule has 0 aromatic heterocycles. The molecule has 0 aliphatic carbocycles. The molecule has 2 saturated heterocycles. The zero-order valence-electron chi connectivity index (χ0n) is 12.7. The van der Waals surface area contributed by atoms with Crippen molar-refractivity contribution in [3.63, 3.8) is 0 Å². The molecule has 1 amide bonds. The van der Waals surface area contributed by atoms with Crippen molar-refractivity contribution in [2.24, 2.45) is 5.92 Å². The lowest BCUT2D eigenvalue weighted by Gasteiger charge is -2.24. The van der Waals surface area contributed by atoms with Gasteiger partial charge in [-0.1, -0.05) is 48.0 Å². The summed E-state index contributed by atoms with van der Waals surface area (Å²) < 4.78 is 14.2. The van der Waals surface area contributed by atoms with Crippen molar-refractivity contribution in [2.75, 3.05) is 0 Å². The van der Waals surface area contributed by atoms with Crippen LogP contribution in [0.25, 0.3) is 0 Å². The zero-order valence-corrected chi connectivity index (χ0v) is 12.7. The lowest BCUT2D eigenvalue weighted by Crippen LogP contribution is -2.39. The number of nitrogens with one attached hydrogen (secondary N) is 3. The van der Waals surface area contributed by atoms with Crippen LogP contribution in [0.5, 0.6) is 0 Å². The Hall–Kier alpha value is -2.24. The van der Waals surface area contributed by atoms with Gasteiger partial charge in [-0.2, -0.15) is 0 Å². The lowest BCUT2D eigenvalue weighted by atomic mass is 9.83. The molecule has 3 N–H and O–H groups in total. The molecule has 118 valence electrons. The molecule has 2 fully saturated rings. The van der Waals surface area contributed by atoms with Crippen LogP contribution in [0.15, 0.2) is 48.5 Å². The van der Waals surface area contributed by atoms with Gasteiger partial charge in [0.05, 0.1) is 12.1 Å². The van der Waals surface area contributed by atoms with Crippen molar-refractivity contribution in [1.82, 2.24) is 16.2 Å². The zero-order chi connectivity index (χ0) is 16.0. The Bertz CT molecular complexity index is 746. The van der Waals surface area contributed by atoms with E-state index in [9.17, 15) is 9.18 Å². The highest BCUT2D eigenvalue weighted by Crippen LogP contribution is 2.42. The van der Waals surface area contributed by atoms with Gasteiger partial charge in [0.15, 0.2) is 0 Å². The SMILES string of the molecule is Cc1ccc(C2NNC3C(=O)NC(c4ccccc4F)C32)cc1. The lowest BCUT2D eigenvalue weighted by molar-refractivity contribution is -0.121. The van der Waals surface area contributed by atoms with Crippen LogP contribution in [0.1, 0.15) is 28.8 Å². The quantitative estimate of drug-likeness (QED) is 0.796. The summed E-state index contributed by atoms with van der Waals surface area (Å²) in [5, 5.41) is 2.94. The summed E-state index contributed by atoms with van der Waals surface area (Å²) in [6, 6.07) is 14.1. The number of hydrogen-bond donors (Lipinski definition) is 3. The molecule has 0 radical (unpaired) electrons. The van der Waals surface area contributed by atoms with Crippen LogP contribution in [0, 0.1) is 18.7 Å². The summed E-state index contributed by atoms with van der Waals surface area (Å²) in [4.78, 5) is 12.2. The van der Waals surface area contributed by atoms with E-state index in [1.54, 1.807) is 18.2 Å². The molecular weight excluding hydrogens is 293 g/mol. The minimum Gasteiger partial charge on any atom is -0.347 e. The van der Waals surface area contributed by atoms with Crippen molar-refractivity contribution >= 4 is 5.91 Å². The van der Waals surface area contributed by atoms with E-state index < -0.39 is 0 Å². The van der Waals surface area contributed by atoms with Crippen molar-refractivity contribution in [3.05, 3.63) is 71.0 Å². The smallest absolute Gasteiger partial charge is 0.239 e. The molecule has 4 atom stereocenters. The molecule has 4 unspecified atom stereocenters. The maximum absolute atomic E-state index is 14.2. The number of hydrazine groups is 1. The molecule has 2 aliphatic heterocycles. The van der Waals surface area contributed by atoms with E-state index in [2.05, 4.69) is 28.3 Å². The molecule has 2 aromatic rings. The molecular formula is C18H18FN3O. The van der Waals surface area contributed by atoms with E-state index in [0.717, 1.165) is 5.56 Å². The highest BCUT2D eigenvalue weighted by molar-refractivity contribution is 5.86. The van der Waals surface area contributed by atoms with Crippen LogP contribution in [0.2, 0.25) is 0 Å². The van der Waals surface area contributed by atoms with Crippen molar-refractivity contribution in [1.29, 1.82) is 0 Å². The molecule has 2 aromatic carbocycles. The highest BCUT2D eigenvalue weighted by Gasteiger charge is 2.51. The summed E-state index contributed by atoms with van der Waals surface area (Å²) in [6.45, 7) is 2.04. The Balaban J connectivity index is 1.73. The first-order valence-electron chi connectivity index (χ1n) is 7.77. The van der Waals surface area contributed by atoms with E-state index in [-0.39, 0.29) is 35.8 Å². The van der Waals surface area contributed by atoms with E-state index in [4.69, 9.17) is 0 Å². The van der Waals surface area contributed by atoms with Gasteiger partial charge in [0.1, 0.15) is 11.9 Å². The van der Waals surface area contributed by atoms with Gasteiger partial charge in [0, 0.05) is 11.5 Å². The van der Waals surface area contributed by atoms with Crippen LogP contribution in [0.4, 0.5) is 4.39 Å². The Morgan fingerprint density at radius 1 is 0.913 bits per heavy atom. The molecule has 0 spiro atoms. The molecule has 5 heteroatoms. The first-order valence-corrected chi connectivity index (χ1v) is 7.77. The molecule has 4 rings (SSSR count). The summed E-state index contributed by atoms with van der Waals surface area (Å²) in [5.74, 6) is -0.458. The van der Waals surface area contributed by atoms with Crippen molar-refractivity contribution in [3.8, 4) is 0 Å². The van der Waals surface area contributed by atoms with E-state index >= 15 is 0 Å². The maximum Gasteiger partial charge on any atom is 0.239 e. The first-order chi connectivity index (χ1) is 11.1. The predicted octanol–water partition coefficient (Wildman–Crippen LogP) is 2.14. The number of fused-ring (bicyclic) bond motifs is 1. The normalized spacial score (nSPS) is 29.4. The van der Waals surface area contributed by atoms with Gasteiger partial charge >= 0.3 is 0 Å². The van der Waals surface area contributed by atoms with Crippen LogP contribution in [-0.2, 0) is 4.79 Å². The first kappa shape index (κ1) is 14.4. The Labute approximate surface area is 134 Å². The minimum absolute atomic E-state index is 0.0517. The van der Waals surface area contributed by atoms with Gasteiger partial charge in [0.25, 0.3) is 0 Å². The second kappa shape index (κ2) is 5.44. The third-order valence-electron chi connectivity index (χ3n) is 4.81. The second-order valence-corrected chi connectivity index (χ2v) is 6.24. The van der Waals surface area contributed by atoms with Gasteiger partial charge in [-0.25, -0.2) is 15.2 Å². The number of benzene rings is 2. The molecule has 4 nitrogen and oxygen atoms in total. The number of halogens is 1. The predicted molar refractivity (Wildman–Crippen MR) is 84.8 cm³/mol. The summed E-state index contributed by atoms with van der Waals surface area (Å²) >= 11 is 0. The van der Waals surface area contributed by atoms with E-state index in [1.807, 2.05) is 19.1 Å². The number of carbonyl (C=O) groups excluding carboxylic acids is 1. The Kier molecular flexibility index (Phi) is 3.39. The monoisotopic (exact) mass is 311 g/mol. The highest BCUT2D eigenvalue weighted by atomic mass is 19.1. The number of rotatable bonds is 2. The van der Waals surface area contributed by atoms with Crippen LogP contribution >= 0.6 is 0 Å². The van der Waals surface area contributed by atoms with Gasteiger partial charge in [0.2, 0.25) is 5.91 Å². The Morgan fingerprint density at radius 3 is 2.35 bits per heavy atom. The van der Waals surface area contributed by atoms with E-state index in [0.29, 0.717) is 5.56 Å². The summed E-state index contributed by atoms with van der Waals surface area (Å²) in [7, 11) is 0. The largest absolute Gasteiger partial charge is 0.347 e. The second-order valence-electron chi connectivity index (χ2n) is 6.24. The molecule has 2 heterocycles.